The molecule has 0 spiro atoms. The second-order valence-electron chi connectivity index (χ2n) is 5.78. The fourth-order valence-corrected chi connectivity index (χ4v) is 3.11. The molecular formula is C11H22N2O2S. The highest BCUT2D eigenvalue weighted by Gasteiger charge is 2.39. The minimum atomic E-state index is -0.369. The van der Waals surface area contributed by atoms with Gasteiger partial charge in [0.25, 0.3) is 0 Å². The molecule has 4 nitrogen and oxygen atoms in total. The van der Waals surface area contributed by atoms with E-state index < -0.39 is 0 Å². The molecule has 1 fully saturated rings. The van der Waals surface area contributed by atoms with E-state index in [1.54, 1.807) is 6.26 Å². The minimum Gasteiger partial charge on any atom is -0.375 e. The highest BCUT2D eigenvalue weighted by Crippen LogP contribution is 2.39. The molecule has 1 rings (SSSR count). The number of nitrogens with two attached hydrogens (primary N) is 1. The van der Waals surface area contributed by atoms with Crippen LogP contribution >= 0.6 is 12.0 Å². The van der Waals surface area contributed by atoms with Crippen LogP contribution in [0.15, 0.2) is 0 Å². The van der Waals surface area contributed by atoms with E-state index in [9.17, 15) is 4.79 Å². The molecular weight excluding hydrogens is 224 g/mol. The number of carbonyl (C=O) groups excluding carboxylic acids is 1. The topological polar surface area (TPSA) is 64.3 Å². The average Bonchev–Trinajstić information content (AvgIpc) is 1.96. The highest BCUT2D eigenvalue weighted by molar-refractivity contribution is 7.94. The van der Waals surface area contributed by atoms with Gasteiger partial charge in [0, 0.05) is 17.8 Å². The van der Waals surface area contributed by atoms with Crippen LogP contribution in [-0.2, 0) is 4.18 Å². The van der Waals surface area contributed by atoms with Gasteiger partial charge in [-0.25, -0.2) is 4.79 Å². The first-order valence-corrected chi connectivity index (χ1v) is 6.69. The van der Waals surface area contributed by atoms with E-state index in [1.807, 2.05) is 6.92 Å². The van der Waals surface area contributed by atoms with Gasteiger partial charge in [-0.15, -0.1) is 0 Å². The Kier molecular flexibility index (Phi) is 4.12. The van der Waals surface area contributed by atoms with Crippen molar-refractivity contribution in [3.8, 4) is 0 Å². The predicted molar refractivity (Wildman–Crippen MR) is 67.1 cm³/mol. The third-order valence-corrected chi connectivity index (χ3v) is 3.19. The summed E-state index contributed by atoms with van der Waals surface area (Å²) < 4.78 is 4.81. The largest absolute Gasteiger partial charge is 0.419 e. The zero-order valence-electron chi connectivity index (χ0n) is 10.5. The summed E-state index contributed by atoms with van der Waals surface area (Å²) in [5.41, 5.74) is 6.15. The van der Waals surface area contributed by atoms with Crippen LogP contribution in [0.5, 0.6) is 0 Å². The maximum Gasteiger partial charge on any atom is 0.419 e. The van der Waals surface area contributed by atoms with Crippen LogP contribution in [0.3, 0.4) is 0 Å². The molecule has 0 bridgehead atoms. The first-order valence-electron chi connectivity index (χ1n) is 5.54. The van der Waals surface area contributed by atoms with Crippen molar-refractivity contribution in [2.24, 2.45) is 11.1 Å². The number of amides is 1. The number of nitrogens with one attached hydrogen (secondary N) is 1. The molecule has 1 aliphatic carbocycles. The summed E-state index contributed by atoms with van der Waals surface area (Å²) >= 11 is 1.05. The Morgan fingerprint density at radius 2 is 2.06 bits per heavy atom. The van der Waals surface area contributed by atoms with Gasteiger partial charge in [0.1, 0.15) is 0 Å². The molecule has 1 aliphatic rings. The zero-order valence-corrected chi connectivity index (χ0v) is 11.3. The molecule has 0 heterocycles. The number of carbonyl (C=O) groups is 1. The van der Waals surface area contributed by atoms with Crippen molar-refractivity contribution >= 4 is 18.1 Å². The van der Waals surface area contributed by atoms with Crippen molar-refractivity contribution in [3.63, 3.8) is 0 Å². The van der Waals surface area contributed by atoms with Crippen LogP contribution in [0.1, 0.15) is 40.0 Å². The Morgan fingerprint density at radius 3 is 2.56 bits per heavy atom. The summed E-state index contributed by atoms with van der Waals surface area (Å²) in [5, 5.41) is 2.87. The summed E-state index contributed by atoms with van der Waals surface area (Å²) in [7, 11) is 0. The highest BCUT2D eigenvalue weighted by atomic mass is 32.2. The van der Waals surface area contributed by atoms with Gasteiger partial charge in [-0.3, -0.25) is 0 Å². The lowest BCUT2D eigenvalue weighted by molar-refractivity contribution is 0.125. The summed E-state index contributed by atoms with van der Waals surface area (Å²) in [6.45, 7) is 6.42. The summed E-state index contributed by atoms with van der Waals surface area (Å²) in [5.74, 6) is 0. The minimum absolute atomic E-state index is 0.110. The van der Waals surface area contributed by atoms with Crippen LogP contribution in [0.4, 0.5) is 4.79 Å². The van der Waals surface area contributed by atoms with Crippen LogP contribution in [-0.4, -0.2) is 23.9 Å². The Bertz CT molecular complexity index is 251. The molecule has 1 amide bonds. The molecule has 0 aromatic rings. The quantitative estimate of drug-likeness (QED) is 0.734. The molecule has 16 heavy (non-hydrogen) atoms. The van der Waals surface area contributed by atoms with Crippen molar-refractivity contribution in [3.05, 3.63) is 0 Å². The Balaban J connectivity index is 2.57. The monoisotopic (exact) mass is 246 g/mol. The normalized spacial score (nSPS) is 33.2. The van der Waals surface area contributed by atoms with E-state index in [-0.39, 0.29) is 23.1 Å². The lowest BCUT2D eigenvalue weighted by atomic mass is 9.67. The van der Waals surface area contributed by atoms with Gasteiger partial charge in [-0.05, 0) is 31.6 Å². The third-order valence-electron chi connectivity index (χ3n) is 2.88. The van der Waals surface area contributed by atoms with Gasteiger partial charge in [0.15, 0.2) is 0 Å². The van der Waals surface area contributed by atoms with E-state index in [4.69, 9.17) is 9.92 Å². The Labute approximate surface area is 102 Å². The number of hydrogen-bond acceptors (Lipinski definition) is 4. The second kappa shape index (κ2) is 4.84. The molecule has 2 unspecified atom stereocenters. The van der Waals surface area contributed by atoms with Crippen molar-refractivity contribution in [2.45, 2.75) is 51.6 Å². The van der Waals surface area contributed by atoms with Crippen LogP contribution in [0, 0.1) is 5.41 Å². The van der Waals surface area contributed by atoms with E-state index in [1.165, 1.54) is 0 Å². The molecule has 0 saturated heterocycles. The van der Waals surface area contributed by atoms with Gasteiger partial charge in [-0.2, -0.15) is 0 Å². The third kappa shape index (κ3) is 4.22. The van der Waals surface area contributed by atoms with Gasteiger partial charge in [0.05, 0.1) is 12.0 Å². The van der Waals surface area contributed by atoms with Gasteiger partial charge >= 0.3 is 6.09 Å². The molecule has 0 aromatic heterocycles. The Hall–Kier alpha value is -0.420. The molecule has 2 atom stereocenters. The van der Waals surface area contributed by atoms with Crippen LogP contribution in [0.25, 0.3) is 0 Å². The van der Waals surface area contributed by atoms with Crippen molar-refractivity contribution < 1.29 is 8.98 Å². The van der Waals surface area contributed by atoms with E-state index in [0.29, 0.717) is 0 Å². The van der Waals surface area contributed by atoms with E-state index in [2.05, 4.69) is 19.2 Å². The first kappa shape index (κ1) is 13.6. The molecule has 0 aromatic carbocycles. The average molecular weight is 246 g/mol. The zero-order chi connectivity index (χ0) is 12.4. The number of hydrogen-bond donors (Lipinski definition) is 2. The van der Waals surface area contributed by atoms with Crippen molar-refractivity contribution in [2.75, 3.05) is 6.26 Å². The number of rotatable bonds is 2. The molecule has 3 N–H and O–H groups in total. The summed E-state index contributed by atoms with van der Waals surface area (Å²) in [4.78, 5) is 11.3. The molecule has 0 aliphatic heterocycles. The van der Waals surface area contributed by atoms with Crippen molar-refractivity contribution in [1.82, 2.24) is 5.32 Å². The predicted octanol–water partition coefficient (Wildman–Crippen LogP) is 2.29. The summed E-state index contributed by atoms with van der Waals surface area (Å²) in [6, 6.07) is 0.110. The maximum atomic E-state index is 11.3. The molecule has 0 radical (unpaired) electrons. The van der Waals surface area contributed by atoms with E-state index in [0.717, 1.165) is 31.3 Å². The van der Waals surface area contributed by atoms with Crippen LogP contribution < -0.4 is 11.1 Å². The SMILES string of the molecule is CSOC(=O)NC1CC(C)(C)CC(C)(N)C1. The first-order chi connectivity index (χ1) is 7.24. The molecule has 5 heteroatoms. The Morgan fingerprint density at radius 1 is 1.44 bits per heavy atom. The standard InChI is InChI=1S/C11H22N2O2S/c1-10(2)5-8(6-11(3,12)7-10)13-9(14)15-16-4/h8H,5-7,12H2,1-4H3,(H,13,14). The maximum absolute atomic E-state index is 11.3. The summed E-state index contributed by atoms with van der Waals surface area (Å²) in [6.07, 6.45) is 4.09. The van der Waals surface area contributed by atoms with Gasteiger partial charge < -0.3 is 15.2 Å². The second-order valence-corrected chi connectivity index (χ2v) is 6.28. The fraction of sp³-hybridized carbons (Fsp3) is 0.909. The van der Waals surface area contributed by atoms with Gasteiger partial charge in [-0.1, -0.05) is 13.8 Å². The molecule has 1 saturated carbocycles. The van der Waals surface area contributed by atoms with E-state index >= 15 is 0 Å². The fourth-order valence-electron chi connectivity index (χ4n) is 2.91. The molecule has 94 valence electrons. The smallest absolute Gasteiger partial charge is 0.375 e. The lowest BCUT2D eigenvalue weighted by Crippen LogP contribution is -2.53. The lowest BCUT2D eigenvalue weighted by Gasteiger charge is -2.44. The van der Waals surface area contributed by atoms with Crippen molar-refractivity contribution in [1.29, 1.82) is 0 Å². The van der Waals surface area contributed by atoms with Gasteiger partial charge in [0.2, 0.25) is 0 Å². The van der Waals surface area contributed by atoms with Crippen LogP contribution in [0.2, 0.25) is 0 Å².